The average molecular weight is 546 g/mol. The van der Waals surface area contributed by atoms with Crippen molar-refractivity contribution in [3.8, 4) is 0 Å². The van der Waals surface area contributed by atoms with Crippen molar-refractivity contribution < 1.29 is 27.5 Å². The van der Waals surface area contributed by atoms with Gasteiger partial charge in [-0.2, -0.15) is 14.9 Å². The van der Waals surface area contributed by atoms with Crippen LogP contribution in [-0.2, 0) is 24.1 Å². The molecule has 0 bridgehead atoms. The number of aromatic nitrogens is 4. The lowest BCUT2D eigenvalue weighted by atomic mass is 9.91. The fourth-order valence-electron chi connectivity index (χ4n) is 5.27. The summed E-state index contributed by atoms with van der Waals surface area (Å²) in [6.45, 7) is 3.94. The summed E-state index contributed by atoms with van der Waals surface area (Å²) in [7, 11) is 0. The summed E-state index contributed by atoms with van der Waals surface area (Å²) >= 11 is 0. The zero-order valence-electron chi connectivity index (χ0n) is 22.5. The highest BCUT2D eigenvalue weighted by molar-refractivity contribution is 6.06. The van der Waals surface area contributed by atoms with Crippen LogP contribution in [0.1, 0.15) is 74.5 Å². The second-order valence-electron chi connectivity index (χ2n) is 11.6. The molecule has 3 aromatic rings. The van der Waals surface area contributed by atoms with E-state index in [1.165, 1.54) is 4.68 Å². The number of amides is 1. The molecular formula is C28H34F3N5O3. The number of halogens is 3. The maximum absolute atomic E-state index is 14.0. The second-order valence-corrected chi connectivity index (χ2v) is 11.6. The first-order valence-electron chi connectivity index (χ1n) is 13.5. The van der Waals surface area contributed by atoms with Crippen LogP contribution >= 0.6 is 0 Å². The molecule has 1 fully saturated rings. The number of nitrogens with zero attached hydrogens (tertiary/aromatic N) is 5. The van der Waals surface area contributed by atoms with E-state index in [9.17, 15) is 22.8 Å². The molecule has 1 amide bonds. The van der Waals surface area contributed by atoms with Gasteiger partial charge in [0.25, 0.3) is 11.8 Å². The monoisotopic (exact) mass is 545 g/mol. The summed E-state index contributed by atoms with van der Waals surface area (Å²) in [5.74, 6) is -3.42. The van der Waals surface area contributed by atoms with Crippen molar-refractivity contribution in [3.63, 3.8) is 0 Å². The number of carbonyl (C=O) groups excluding carboxylic acids is 2. The lowest BCUT2D eigenvalue weighted by Gasteiger charge is -2.34. The van der Waals surface area contributed by atoms with Gasteiger partial charge in [-0.3, -0.25) is 9.48 Å². The largest absolute Gasteiger partial charge is 0.442 e. The third-order valence-electron chi connectivity index (χ3n) is 7.22. The van der Waals surface area contributed by atoms with E-state index >= 15 is 0 Å². The van der Waals surface area contributed by atoms with Gasteiger partial charge < -0.3 is 9.64 Å². The van der Waals surface area contributed by atoms with Gasteiger partial charge in [0, 0.05) is 36.6 Å². The van der Waals surface area contributed by atoms with Crippen LogP contribution in [-0.4, -0.2) is 66.7 Å². The molecule has 11 heteroatoms. The molecular weight excluding hydrogens is 511 g/mol. The Labute approximate surface area is 225 Å². The van der Waals surface area contributed by atoms with E-state index in [0.29, 0.717) is 29.3 Å². The van der Waals surface area contributed by atoms with E-state index in [0.717, 1.165) is 30.5 Å². The Morgan fingerprint density at radius 3 is 2.62 bits per heavy atom. The van der Waals surface area contributed by atoms with Crippen molar-refractivity contribution in [2.75, 3.05) is 6.67 Å². The van der Waals surface area contributed by atoms with Gasteiger partial charge in [0.05, 0.1) is 23.0 Å². The van der Waals surface area contributed by atoms with Gasteiger partial charge in [-0.05, 0) is 77.0 Å². The topological polar surface area (TPSA) is 82.2 Å². The summed E-state index contributed by atoms with van der Waals surface area (Å²) in [5, 5.41) is 9.45. The van der Waals surface area contributed by atoms with Crippen LogP contribution in [0.5, 0.6) is 0 Å². The highest BCUT2D eigenvalue weighted by Gasteiger charge is 2.40. The van der Waals surface area contributed by atoms with Crippen molar-refractivity contribution in [2.45, 2.75) is 95.9 Å². The molecule has 39 heavy (non-hydrogen) atoms. The molecule has 0 N–H and O–H groups in total. The van der Waals surface area contributed by atoms with E-state index in [2.05, 4.69) is 10.2 Å². The van der Waals surface area contributed by atoms with Crippen LogP contribution < -0.4 is 0 Å². The van der Waals surface area contributed by atoms with Crippen molar-refractivity contribution >= 4 is 22.9 Å². The molecule has 0 aliphatic heterocycles. The minimum atomic E-state index is -3.34. The number of benzene rings is 1. The molecule has 1 saturated carbocycles. The number of rotatable bonds is 8. The van der Waals surface area contributed by atoms with Gasteiger partial charge in [-0.1, -0.05) is 6.07 Å². The second kappa shape index (κ2) is 10.3. The van der Waals surface area contributed by atoms with E-state index in [4.69, 9.17) is 4.74 Å². The van der Waals surface area contributed by atoms with Crippen molar-refractivity contribution in [3.05, 3.63) is 47.4 Å². The first-order valence-corrected chi connectivity index (χ1v) is 13.5. The smallest absolute Gasteiger partial charge is 0.435 e. The van der Waals surface area contributed by atoms with Crippen LogP contribution in [0.3, 0.4) is 0 Å². The van der Waals surface area contributed by atoms with Crippen LogP contribution in [0.4, 0.5) is 18.0 Å². The normalized spacial score (nSPS) is 17.7. The zero-order valence-corrected chi connectivity index (χ0v) is 22.5. The van der Waals surface area contributed by atoms with Crippen molar-refractivity contribution in [2.24, 2.45) is 0 Å². The van der Waals surface area contributed by atoms with E-state index < -0.39 is 30.7 Å². The highest BCUT2D eigenvalue weighted by atomic mass is 19.3. The number of ether oxygens (including phenoxy) is 1. The Hall–Kier alpha value is -3.37. The zero-order chi connectivity index (χ0) is 27.9. The van der Waals surface area contributed by atoms with Gasteiger partial charge in [0.2, 0.25) is 0 Å². The molecule has 0 saturated heterocycles. The molecule has 2 heterocycles. The molecule has 5 rings (SSSR count). The molecule has 2 aliphatic rings. The Morgan fingerprint density at radius 1 is 1.15 bits per heavy atom. The average Bonchev–Trinajstić information content (AvgIpc) is 3.47. The first-order chi connectivity index (χ1) is 18.5. The fraction of sp³-hybridized carbons (Fsp3) is 0.571. The summed E-state index contributed by atoms with van der Waals surface area (Å²) in [6.07, 6.45) is 6.14. The maximum Gasteiger partial charge on any atom is 0.435 e. The Balaban J connectivity index is 1.34. The molecule has 2 aliphatic carbocycles. The van der Waals surface area contributed by atoms with Gasteiger partial charge in [-0.15, -0.1) is 0 Å². The third-order valence-corrected chi connectivity index (χ3v) is 7.22. The van der Waals surface area contributed by atoms with E-state index in [-0.39, 0.29) is 31.0 Å². The summed E-state index contributed by atoms with van der Waals surface area (Å²) in [6, 6.07) is 5.48. The first kappa shape index (κ1) is 27.2. The molecule has 0 radical (unpaired) electrons. The molecule has 1 atom stereocenters. The Bertz CT molecular complexity index is 1370. The maximum atomic E-state index is 14.0. The minimum Gasteiger partial charge on any atom is -0.442 e. The lowest BCUT2D eigenvalue weighted by molar-refractivity contribution is -0.0324. The van der Waals surface area contributed by atoms with Crippen molar-refractivity contribution in [1.82, 2.24) is 24.5 Å². The van der Waals surface area contributed by atoms with Gasteiger partial charge in [-0.25, -0.2) is 18.0 Å². The number of carbonyl (C=O) groups is 2. The molecule has 1 unspecified atom stereocenters. The van der Waals surface area contributed by atoms with Crippen molar-refractivity contribution in [1.29, 1.82) is 0 Å². The highest BCUT2D eigenvalue weighted by Crippen LogP contribution is 2.36. The SMILES string of the molecule is CC(C)(C)OC(=O)n1cc2c(n1)CCC(N(C(=O)c1cccc3c1cnn3CCCC(F)(F)CF)C1CC1)C2. The van der Waals surface area contributed by atoms with Gasteiger partial charge in [0.1, 0.15) is 5.60 Å². The third kappa shape index (κ3) is 5.96. The van der Waals surface area contributed by atoms with Crippen LogP contribution in [0.15, 0.2) is 30.6 Å². The van der Waals surface area contributed by atoms with Crippen LogP contribution in [0.25, 0.3) is 10.9 Å². The standard InChI is InChI=1S/C28H34F3N5O3/c1-27(2,3)39-26(38)35-16-18-14-20(10-11-23(18)33-35)36(19-8-9-19)25(37)21-6-4-7-24-22(21)15-32-34(24)13-5-12-28(30,31)17-29/h4,6-7,15-16,19-20H,5,8-14,17H2,1-3H3. The molecule has 0 spiro atoms. The van der Waals surface area contributed by atoms with Crippen LogP contribution in [0, 0.1) is 0 Å². The Kier molecular flexibility index (Phi) is 7.19. The molecule has 8 nitrogen and oxygen atoms in total. The summed E-state index contributed by atoms with van der Waals surface area (Å²) in [4.78, 5) is 28.5. The minimum absolute atomic E-state index is 0.0398. The Morgan fingerprint density at radius 2 is 1.92 bits per heavy atom. The predicted molar refractivity (Wildman–Crippen MR) is 139 cm³/mol. The molecule has 210 valence electrons. The van der Waals surface area contributed by atoms with Gasteiger partial charge >= 0.3 is 6.09 Å². The molecule has 1 aromatic carbocycles. The summed E-state index contributed by atoms with van der Waals surface area (Å²) in [5.41, 5.74) is 2.36. The number of hydrogen-bond acceptors (Lipinski definition) is 5. The number of aryl methyl sites for hydroxylation is 2. The lowest BCUT2D eigenvalue weighted by Crippen LogP contribution is -2.44. The van der Waals surface area contributed by atoms with Gasteiger partial charge in [0.15, 0.2) is 6.67 Å². The van der Waals surface area contributed by atoms with E-state index in [1.807, 2.05) is 11.0 Å². The predicted octanol–water partition coefficient (Wildman–Crippen LogP) is 5.56. The quantitative estimate of drug-likeness (QED) is 0.370. The fourth-order valence-corrected chi connectivity index (χ4v) is 5.27. The number of fused-ring (bicyclic) bond motifs is 2. The summed E-state index contributed by atoms with van der Waals surface area (Å²) < 4.78 is 47.4. The van der Waals surface area contributed by atoms with E-state index in [1.54, 1.807) is 50.0 Å². The number of alkyl halides is 3. The number of hydrogen-bond donors (Lipinski definition) is 0. The van der Waals surface area contributed by atoms with Crippen LogP contribution in [0.2, 0.25) is 0 Å². The molecule has 2 aromatic heterocycles.